The van der Waals surface area contributed by atoms with E-state index in [1.54, 1.807) is 36.2 Å². The number of likely N-dealkylation sites (N-methyl/N-ethyl adjacent to an activating group) is 1. The number of aromatic nitrogens is 2. The van der Waals surface area contributed by atoms with Crippen LogP contribution in [0, 0.1) is 5.92 Å². The Morgan fingerprint density at radius 1 is 1.13 bits per heavy atom. The van der Waals surface area contributed by atoms with Crippen molar-refractivity contribution in [1.29, 1.82) is 0 Å². The second kappa shape index (κ2) is 9.64. The summed E-state index contributed by atoms with van der Waals surface area (Å²) in [5, 5.41) is 2.89. The molecule has 2 amide bonds. The second-order valence-electron chi connectivity index (χ2n) is 7.85. The lowest BCUT2D eigenvalue weighted by molar-refractivity contribution is -0.133. The molecule has 1 aromatic heterocycles. The Morgan fingerprint density at radius 3 is 2.48 bits per heavy atom. The highest BCUT2D eigenvalue weighted by Crippen LogP contribution is 2.20. The third-order valence-electron chi connectivity index (χ3n) is 5.38. The lowest BCUT2D eigenvalue weighted by Crippen LogP contribution is -2.50. The first kappa shape index (κ1) is 22.3. The zero-order valence-corrected chi connectivity index (χ0v) is 18.8. The fourth-order valence-electron chi connectivity index (χ4n) is 3.69. The number of aryl methyl sites for hydroxylation is 1. The highest BCUT2D eigenvalue weighted by atomic mass is 16.5. The van der Waals surface area contributed by atoms with Gasteiger partial charge in [-0.05, 0) is 37.1 Å². The third-order valence-corrected chi connectivity index (χ3v) is 5.38. The number of carbonyl (C=O) groups excluding carboxylic acids is 2. The Morgan fingerprint density at radius 2 is 1.81 bits per heavy atom. The monoisotopic (exact) mass is 422 g/mol. The number of para-hydroxylation sites is 3. The quantitative estimate of drug-likeness (QED) is 0.603. The predicted molar refractivity (Wildman–Crippen MR) is 121 cm³/mol. The van der Waals surface area contributed by atoms with E-state index in [0.29, 0.717) is 17.9 Å². The van der Waals surface area contributed by atoms with Crippen LogP contribution in [0.25, 0.3) is 11.0 Å². The average Bonchev–Trinajstić information content (AvgIpc) is 3.13. The maximum Gasteiger partial charge on any atom is 0.255 e. The summed E-state index contributed by atoms with van der Waals surface area (Å²) in [7, 11) is 3.26. The van der Waals surface area contributed by atoms with Crippen LogP contribution >= 0.6 is 0 Å². The van der Waals surface area contributed by atoms with E-state index in [2.05, 4.69) is 16.8 Å². The SMILES string of the molecule is CCn1c(CN(C)C(=O)C(NC(=O)c2ccccc2OC)C(C)C)nc2ccccc21. The van der Waals surface area contributed by atoms with Gasteiger partial charge in [-0.15, -0.1) is 0 Å². The molecule has 0 aliphatic rings. The number of imidazole rings is 1. The van der Waals surface area contributed by atoms with Crippen LogP contribution in [0.5, 0.6) is 5.75 Å². The Balaban J connectivity index is 1.79. The van der Waals surface area contributed by atoms with Crippen molar-refractivity contribution in [2.45, 2.75) is 39.9 Å². The van der Waals surface area contributed by atoms with Gasteiger partial charge < -0.3 is 19.5 Å². The molecule has 0 fully saturated rings. The van der Waals surface area contributed by atoms with Gasteiger partial charge >= 0.3 is 0 Å². The summed E-state index contributed by atoms with van der Waals surface area (Å²) in [4.78, 5) is 32.5. The average molecular weight is 423 g/mol. The van der Waals surface area contributed by atoms with Crippen molar-refractivity contribution in [2.75, 3.05) is 14.2 Å². The molecule has 7 heteroatoms. The molecule has 0 spiro atoms. The van der Waals surface area contributed by atoms with Gasteiger partial charge in [0, 0.05) is 13.6 Å². The molecule has 0 aliphatic heterocycles. The third kappa shape index (κ3) is 4.71. The normalized spacial score (nSPS) is 12.1. The predicted octanol–water partition coefficient (Wildman–Crippen LogP) is 3.48. The highest BCUT2D eigenvalue weighted by Gasteiger charge is 2.29. The van der Waals surface area contributed by atoms with Crippen LogP contribution in [0.4, 0.5) is 0 Å². The number of hydrogen-bond donors (Lipinski definition) is 1. The topological polar surface area (TPSA) is 76.5 Å². The standard InChI is InChI=1S/C24H30N4O3/c1-6-28-19-13-9-8-12-18(19)25-21(28)15-27(4)24(30)22(16(2)3)26-23(29)17-11-7-10-14-20(17)31-5/h7-14,16,22H,6,15H2,1-5H3,(H,26,29). The van der Waals surface area contributed by atoms with Crippen LogP contribution < -0.4 is 10.1 Å². The smallest absolute Gasteiger partial charge is 0.255 e. The molecule has 0 saturated heterocycles. The number of ether oxygens (including phenoxy) is 1. The van der Waals surface area contributed by atoms with Crippen molar-refractivity contribution in [3.63, 3.8) is 0 Å². The Labute approximate surface area is 183 Å². The number of methoxy groups -OCH3 is 1. The minimum atomic E-state index is -0.665. The second-order valence-corrected chi connectivity index (χ2v) is 7.85. The van der Waals surface area contributed by atoms with E-state index in [1.807, 2.05) is 38.1 Å². The molecule has 31 heavy (non-hydrogen) atoms. The lowest BCUT2D eigenvalue weighted by atomic mass is 10.0. The van der Waals surface area contributed by atoms with Crippen molar-refractivity contribution < 1.29 is 14.3 Å². The molecule has 1 N–H and O–H groups in total. The van der Waals surface area contributed by atoms with Crippen LogP contribution in [0.1, 0.15) is 37.0 Å². The molecule has 1 atom stereocenters. The van der Waals surface area contributed by atoms with Crippen molar-refractivity contribution in [2.24, 2.45) is 5.92 Å². The number of fused-ring (bicyclic) bond motifs is 1. The van der Waals surface area contributed by atoms with Gasteiger partial charge in [-0.1, -0.05) is 38.1 Å². The fraction of sp³-hybridized carbons (Fsp3) is 0.375. The molecule has 1 unspecified atom stereocenters. The number of nitrogens with zero attached hydrogens (tertiary/aromatic N) is 3. The van der Waals surface area contributed by atoms with Gasteiger partial charge in [0.25, 0.3) is 5.91 Å². The minimum absolute atomic E-state index is 0.0846. The van der Waals surface area contributed by atoms with Gasteiger partial charge in [-0.2, -0.15) is 0 Å². The van der Waals surface area contributed by atoms with Gasteiger partial charge in [0.05, 0.1) is 30.3 Å². The summed E-state index contributed by atoms with van der Waals surface area (Å²) in [5.41, 5.74) is 2.36. The molecule has 0 aliphatic carbocycles. The summed E-state index contributed by atoms with van der Waals surface area (Å²) in [6.45, 7) is 7.01. The van der Waals surface area contributed by atoms with Gasteiger partial charge in [0.15, 0.2) is 0 Å². The molecule has 0 saturated carbocycles. The van der Waals surface area contributed by atoms with Crippen LogP contribution in [0.2, 0.25) is 0 Å². The van der Waals surface area contributed by atoms with E-state index in [1.165, 1.54) is 7.11 Å². The number of nitrogens with one attached hydrogen (secondary N) is 1. The maximum atomic E-state index is 13.3. The molecule has 0 bridgehead atoms. The fourth-order valence-corrected chi connectivity index (χ4v) is 3.69. The van der Waals surface area contributed by atoms with E-state index in [4.69, 9.17) is 9.72 Å². The largest absolute Gasteiger partial charge is 0.496 e. The van der Waals surface area contributed by atoms with Gasteiger partial charge in [-0.25, -0.2) is 4.98 Å². The molecule has 3 aromatic rings. The summed E-state index contributed by atoms with van der Waals surface area (Å²) in [6.07, 6.45) is 0. The molecule has 7 nitrogen and oxygen atoms in total. The Bertz CT molecular complexity index is 1070. The van der Waals surface area contributed by atoms with E-state index in [0.717, 1.165) is 23.4 Å². The molecular weight excluding hydrogens is 392 g/mol. The van der Waals surface area contributed by atoms with Crippen LogP contribution in [-0.2, 0) is 17.9 Å². The molecular formula is C24H30N4O3. The van der Waals surface area contributed by atoms with Gasteiger partial charge in [0.1, 0.15) is 17.6 Å². The summed E-state index contributed by atoms with van der Waals surface area (Å²) < 4.78 is 7.39. The Kier molecular flexibility index (Phi) is 6.95. The first-order valence-corrected chi connectivity index (χ1v) is 10.5. The zero-order valence-electron chi connectivity index (χ0n) is 18.8. The van der Waals surface area contributed by atoms with Crippen molar-refractivity contribution >= 4 is 22.8 Å². The first-order valence-electron chi connectivity index (χ1n) is 10.5. The number of amides is 2. The Hall–Kier alpha value is -3.35. The van der Waals surface area contributed by atoms with Gasteiger partial charge in [-0.3, -0.25) is 9.59 Å². The van der Waals surface area contributed by atoms with Crippen molar-refractivity contribution in [1.82, 2.24) is 19.8 Å². The van der Waals surface area contributed by atoms with E-state index >= 15 is 0 Å². The maximum absolute atomic E-state index is 13.3. The number of carbonyl (C=O) groups is 2. The van der Waals surface area contributed by atoms with Crippen molar-refractivity contribution in [3.05, 3.63) is 59.9 Å². The summed E-state index contributed by atoms with van der Waals surface area (Å²) in [5.74, 6) is 0.711. The van der Waals surface area contributed by atoms with Crippen LogP contribution in [-0.4, -0.2) is 46.5 Å². The molecule has 164 valence electrons. The minimum Gasteiger partial charge on any atom is -0.496 e. The number of benzene rings is 2. The van der Waals surface area contributed by atoms with E-state index < -0.39 is 6.04 Å². The highest BCUT2D eigenvalue weighted by molar-refractivity contribution is 5.99. The molecule has 1 heterocycles. The number of rotatable bonds is 8. The summed E-state index contributed by atoms with van der Waals surface area (Å²) >= 11 is 0. The van der Waals surface area contributed by atoms with E-state index in [9.17, 15) is 9.59 Å². The van der Waals surface area contributed by atoms with Gasteiger partial charge in [0.2, 0.25) is 5.91 Å². The van der Waals surface area contributed by atoms with E-state index in [-0.39, 0.29) is 17.7 Å². The summed E-state index contributed by atoms with van der Waals surface area (Å²) in [6, 6.07) is 14.2. The van der Waals surface area contributed by atoms with Crippen molar-refractivity contribution in [3.8, 4) is 5.75 Å². The lowest BCUT2D eigenvalue weighted by Gasteiger charge is -2.27. The number of hydrogen-bond acceptors (Lipinski definition) is 4. The zero-order chi connectivity index (χ0) is 22.5. The molecule has 0 radical (unpaired) electrons. The van der Waals surface area contributed by atoms with Crippen LogP contribution in [0.3, 0.4) is 0 Å². The first-order chi connectivity index (χ1) is 14.9. The molecule has 2 aromatic carbocycles. The molecule has 3 rings (SSSR count). The van der Waals surface area contributed by atoms with Crippen LogP contribution in [0.15, 0.2) is 48.5 Å².